The first-order chi connectivity index (χ1) is 11.2. The molecule has 1 aliphatic rings. The molecule has 0 radical (unpaired) electrons. The van der Waals surface area contributed by atoms with Crippen molar-refractivity contribution < 1.29 is 9.53 Å². The number of ether oxygens (including phenoxy) is 1. The van der Waals surface area contributed by atoms with Crippen molar-refractivity contribution in [3.8, 4) is 0 Å². The third kappa shape index (κ3) is 4.47. The summed E-state index contributed by atoms with van der Waals surface area (Å²) < 4.78 is 5.33. The van der Waals surface area contributed by atoms with Gasteiger partial charge >= 0.3 is 0 Å². The number of hydrogen-bond acceptors (Lipinski definition) is 3. The molecule has 2 heterocycles. The van der Waals surface area contributed by atoms with Crippen LogP contribution >= 0.6 is 11.6 Å². The van der Waals surface area contributed by atoms with Gasteiger partial charge in [0.15, 0.2) is 0 Å². The molecule has 1 aliphatic heterocycles. The number of benzene rings is 1. The third-order valence-electron chi connectivity index (χ3n) is 4.12. The minimum atomic E-state index is -0.0660. The van der Waals surface area contributed by atoms with E-state index >= 15 is 0 Å². The van der Waals surface area contributed by atoms with E-state index in [9.17, 15) is 4.79 Å². The highest BCUT2D eigenvalue weighted by Gasteiger charge is 2.11. The number of nitrogens with zero attached hydrogens (tertiary/aromatic N) is 1. The third-order valence-corrected chi connectivity index (χ3v) is 4.35. The molecule has 5 nitrogen and oxygen atoms in total. The van der Waals surface area contributed by atoms with Crippen LogP contribution in [0.3, 0.4) is 0 Å². The molecule has 2 N–H and O–H groups in total. The zero-order chi connectivity index (χ0) is 16.1. The fourth-order valence-electron chi connectivity index (χ4n) is 2.81. The predicted octanol–water partition coefficient (Wildman–Crippen LogP) is 2.66. The lowest BCUT2D eigenvalue weighted by molar-refractivity contribution is 0.0372. The van der Waals surface area contributed by atoms with Crippen molar-refractivity contribution in [3.63, 3.8) is 0 Å². The summed E-state index contributed by atoms with van der Waals surface area (Å²) >= 11 is 5.96. The summed E-state index contributed by atoms with van der Waals surface area (Å²) in [6, 6.07) is 7.39. The molecule has 23 heavy (non-hydrogen) atoms. The number of nitrogens with one attached hydrogen (secondary N) is 2. The van der Waals surface area contributed by atoms with Crippen LogP contribution in [-0.4, -0.2) is 55.2 Å². The highest BCUT2D eigenvalue weighted by Crippen LogP contribution is 2.20. The first-order valence-electron chi connectivity index (χ1n) is 8.09. The topological polar surface area (TPSA) is 57.4 Å². The number of amides is 1. The molecular formula is C17H22ClN3O2. The maximum atomic E-state index is 12.2. The molecular weight excluding hydrogens is 314 g/mol. The van der Waals surface area contributed by atoms with Gasteiger partial charge in [0, 0.05) is 35.6 Å². The Kier molecular flexibility index (Phi) is 5.54. The summed E-state index contributed by atoms with van der Waals surface area (Å²) in [5, 5.41) is 4.59. The molecule has 1 aromatic carbocycles. The number of rotatable bonds is 6. The zero-order valence-corrected chi connectivity index (χ0v) is 13.9. The minimum absolute atomic E-state index is 0.0660. The standard InChI is InChI=1S/C17H22ClN3O2/c18-14-3-4-15-13(11-14)12-16(20-15)17(22)19-5-1-2-6-21-7-9-23-10-8-21/h3-4,11-12,20H,1-2,5-10H2,(H,19,22). The van der Waals surface area contributed by atoms with Gasteiger partial charge in [-0.25, -0.2) is 0 Å². The average molecular weight is 336 g/mol. The van der Waals surface area contributed by atoms with Crippen molar-refractivity contribution in [3.05, 3.63) is 35.0 Å². The maximum Gasteiger partial charge on any atom is 0.267 e. The van der Waals surface area contributed by atoms with Crippen molar-refractivity contribution in [2.45, 2.75) is 12.8 Å². The number of H-pyrrole nitrogens is 1. The van der Waals surface area contributed by atoms with Gasteiger partial charge in [0.25, 0.3) is 5.91 Å². The molecule has 0 unspecified atom stereocenters. The Morgan fingerprint density at radius 1 is 1.26 bits per heavy atom. The molecule has 2 aromatic rings. The average Bonchev–Trinajstić information content (AvgIpc) is 2.98. The molecule has 1 fully saturated rings. The van der Waals surface area contributed by atoms with Crippen LogP contribution in [0.1, 0.15) is 23.3 Å². The van der Waals surface area contributed by atoms with Gasteiger partial charge in [-0.3, -0.25) is 9.69 Å². The van der Waals surface area contributed by atoms with E-state index in [1.54, 1.807) is 0 Å². The number of aromatic amines is 1. The number of unbranched alkanes of at least 4 members (excludes halogenated alkanes) is 1. The second-order valence-corrected chi connectivity index (χ2v) is 6.27. The van der Waals surface area contributed by atoms with Crippen LogP contribution in [0.2, 0.25) is 5.02 Å². The van der Waals surface area contributed by atoms with E-state index in [1.807, 2.05) is 24.3 Å². The molecule has 0 aliphatic carbocycles. The van der Waals surface area contributed by atoms with Crippen LogP contribution in [0.15, 0.2) is 24.3 Å². The number of hydrogen-bond donors (Lipinski definition) is 2. The first kappa shape index (κ1) is 16.3. The Morgan fingerprint density at radius 2 is 2.09 bits per heavy atom. The Bertz CT molecular complexity index is 665. The normalized spacial score (nSPS) is 15.9. The van der Waals surface area contributed by atoms with Crippen LogP contribution in [0.4, 0.5) is 0 Å². The Balaban J connectivity index is 1.41. The number of carbonyl (C=O) groups is 1. The van der Waals surface area contributed by atoms with Gasteiger partial charge < -0.3 is 15.0 Å². The minimum Gasteiger partial charge on any atom is -0.379 e. The van der Waals surface area contributed by atoms with Crippen molar-refractivity contribution in [1.82, 2.24) is 15.2 Å². The summed E-state index contributed by atoms with van der Waals surface area (Å²) in [6.07, 6.45) is 2.07. The van der Waals surface area contributed by atoms with Crippen LogP contribution in [0.25, 0.3) is 10.9 Å². The van der Waals surface area contributed by atoms with E-state index in [2.05, 4.69) is 15.2 Å². The summed E-state index contributed by atoms with van der Waals surface area (Å²) in [5.74, 6) is -0.0660. The Hall–Kier alpha value is -1.56. The largest absolute Gasteiger partial charge is 0.379 e. The van der Waals surface area contributed by atoms with Gasteiger partial charge in [0.1, 0.15) is 5.69 Å². The predicted molar refractivity (Wildman–Crippen MR) is 92.1 cm³/mol. The van der Waals surface area contributed by atoms with E-state index in [4.69, 9.17) is 16.3 Å². The lowest BCUT2D eigenvalue weighted by Gasteiger charge is -2.26. The van der Waals surface area contributed by atoms with E-state index in [0.29, 0.717) is 17.3 Å². The van der Waals surface area contributed by atoms with Crippen LogP contribution < -0.4 is 5.32 Å². The van der Waals surface area contributed by atoms with Crippen molar-refractivity contribution >= 4 is 28.4 Å². The Labute approximate surface area is 140 Å². The molecule has 0 bridgehead atoms. The van der Waals surface area contributed by atoms with E-state index in [1.165, 1.54) is 0 Å². The second kappa shape index (κ2) is 7.81. The summed E-state index contributed by atoms with van der Waals surface area (Å²) in [4.78, 5) is 17.7. The molecule has 124 valence electrons. The van der Waals surface area contributed by atoms with Crippen LogP contribution in [-0.2, 0) is 4.74 Å². The van der Waals surface area contributed by atoms with Gasteiger partial charge in [0.2, 0.25) is 0 Å². The number of carbonyl (C=O) groups excluding carboxylic acids is 1. The summed E-state index contributed by atoms with van der Waals surface area (Å²) in [7, 11) is 0. The smallest absolute Gasteiger partial charge is 0.267 e. The fourth-order valence-corrected chi connectivity index (χ4v) is 2.99. The van der Waals surface area contributed by atoms with Gasteiger partial charge in [-0.1, -0.05) is 11.6 Å². The van der Waals surface area contributed by atoms with Gasteiger partial charge in [-0.2, -0.15) is 0 Å². The van der Waals surface area contributed by atoms with E-state index < -0.39 is 0 Å². The molecule has 3 rings (SSSR count). The van der Waals surface area contributed by atoms with Crippen molar-refractivity contribution in [1.29, 1.82) is 0 Å². The maximum absolute atomic E-state index is 12.2. The number of aromatic nitrogens is 1. The van der Waals surface area contributed by atoms with E-state index in [-0.39, 0.29) is 5.91 Å². The van der Waals surface area contributed by atoms with Crippen LogP contribution in [0.5, 0.6) is 0 Å². The SMILES string of the molecule is O=C(NCCCCN1CCOCC1)c1cc2cc(Cl)ccc2[nH]1. The molecule has 1 saturated heterocycles. The lowest BCUT2D eigenvalue weighted by Crippen LogP contribution is -2.37. The molecule has 0 saturated carbocycles. The molecule has 6 heteroatoms. The lowest BCUT2D eigenvalue weighted by atomic mass is 10.2. The Morgan fingerprint density at radius 3 is 2.91 bits per heavy atom. The van der Waals surface area contributed by atoms with Gasteiger partial charge in [-0.15, -0.1) is 0 Å². The van der Waals surface area contributed by atoms with Gasteiger partial charge in [0.05, 0.1) is 13.2 Å². The molecule has 0 spiro atoms. The highest BCUT2D eigenvalue weighted by atomic mass is 35.5. The summed E-state index contributed by atoms with van der Waals surface area (Å²) in [6.45, 7) is 5.47. The van der Waals surface area contributed by atoms with E-state index in [0.717, 1.165) is 56.6 Å². The van der Waals surface area contributed by atoms with Gasteiger partial charge in [-0.05, 0) is 43.7 Å². The second-order valence-electron chi connectivity index (χ2n) is 5.83. The van der Waals surface area contributed by atoms with Crippen LogP contribution in [0, 0.1) is 0 Å². The van der Waals surface area contributed by atoms with Crippen molar-refractivity contribution in [2.75, 3.05) is 39.4 Å². The monoisotopic (exact) mass is 335 g/mol. The first-order valence-corrected chi connectivity index (χ1v) is 8.47. The number of halogens is 1. The molecule has 1 amide bonds. The van der Waals surface area contributed by atoms with Crippen molar-refractivity contribution in [2.24, 2.45) is 0 Å². The fraction of sp³-hybridized carbons (Fsp3) is 0.471. The molecule has 1 aromatic heterocycles. The zero-order valence-electron chi connectivity index (χ0n) is 13.1. The number of morpholine rings is 1. The quantitative estimate of drug-likeness (QED) is 0.798. The molecule has 0 atom stereocenters. The number of fused-ring (bicyclic) bond motifs is 1. The summed E-state index contributed by atoms with van der Waals surface area (Å²) in [5.41, 5.74) is 1.50. The highest BCUT2D eigenvalue weighted by molar-refractivity contribution is 6.31.